The van der Waals surface area contributed by atoms with Crippen molar-refractivity contribution in [2.24, 2.45) is 0 Å². The van der Waals surface area contributed by atoms with Crippen molar-refractivity contribution in [3.8, 4) is 0 Å². The number of esters is 1. The van der Waals surface area contributed by atoms with Crippen LogP contribution < -0.4 is 0 Å². The van der Waals surface area contributed by atoms with Crippen molar-refractivity contribution in [2.75, 3.05) is 13.7 Å². The molecule has 2 saturated heterocycles. The number of likely N-dealkylation sites (N-methyl/N-ethyl adjacent to an activating group) is 1. The summed E-state index contributed by atoms with van der Waals surface area (Å²) in [6.45, 7) is 1.77. The first-order chi connectivity index (χ1) is 7.45. The number of nitrogens with zero attached hydrogens (tertiary/aromatic N) is 2. The highest BCUT2D eigenvalue weighted by Gasteiger charge is 2.55. The van der Waals surface area contributed by atoms with Crippen LogP contribution in [0.15, 0.2) is 0 Å². The predicted octanol–water partition coefficient (Wildman–Crippen LogP) is -0.0422. The number of fused-ring (bicyclic) bond motifs is 1. The van der Waals surface area contributed by atoms with Gasteiger partial charge in [-0.05, 0) is 6.92 Å². The van der Waals surface area contributed by atoms with Crippen LogP contribution in [0.4, 0.5) is 4.79 Å². The van der Waals surface area contributed by atoms with E-state index in [0.717, 1.165) is 4.90 Å². The Balaban J connectivity index is 2.33. The summed E-state index contributed by atoms with van der Waals surface area (Å²) in [5.74, 6) is -0.924. The fourth-order valence-corrected chi connectivity index (χ4v) is 2.18. The zero-order valence-corrected chi connectivity index (χ0v) is 10.4. The monoisotopic (exact) mass is 290 g/mol. The quantitative estimate of drug-likeness (QED) is 0.502. The molecule has 0 N–H and O–H groups in total. The summed E-state index contributed by atoms with van der Waals surface area (Å²) in [6, 6.07) is -1.58. The van der Waals surface area contributed by atoms with E-state index in [1.807, 2.05) is 0 Å². The number of amides is 3. The molecule has 2 heterocycles. The molecule has 0 aromatic heterocycles. The van der Waals surface area contributed by atoms with Crippen molar-refractivity contribution >= 4 is 33.8 Å². The van der Waals surface area contributed by atoms with Crippen LogP contribution in [0.25, 0.3) is 0 Å². The van der Waals surface area contributed by atoms with Crippen LogP contribution in [-0.2, 0) is 14.3 Å². The maximum absolute atomic E-state index is 11.8. The average Bonchev–Trinajstić information content (AvgIpc) is 2.70. The molecule has 3 atom stereocenters. The summed E-state index contributed by atoms with van der Waals surface area (Å²) >= 11 is 3.10. The first-order valence-electron chi connectivity index (χ1n) is 4.85. The lowest BCUT2D eigenvalue weighted by Gasteiger charge is -2.19. The number of alkyl halides is 1. The number of cyclic esters (lactones) is 1. The predicted molar refractivity (Wildman–Crippen MR) is 56.9 cm³/mol. The van der Waals surface area contributed by atoms with E-state index in [9.17, 15) is 14.4 Å². The highest BCUT2D eigenvalue weighted by Crippen LogP contribution is 2.29. The van der Waals surface area contributed by atoms with E-state index in [4.69, 9.17) is 4.74 Å². The van der Waals surface area contributed by atoms with Gasteiger partial charge in [0.1, 0.15) is 6.61 Å². The van der Waals surface area contributed by atoms with E-state index in [1.165, 1.54) is 4.90 Å². The Bertz CT molecular complexity index is 363. The smallest absolute Gasteiger partial charge is 0.331 e. The largest absolute Gasteiger partial charge is 0.462 e. The number of hydrogen-bond acceptors (Lipinski definition) is 4. The Morgan fingerprint density at radius 3 is 2.75 bits per heavy atom. The summed E-state index contributed by atoms with van der Waals surface area (Å²) in [4.78, 5) is 37.0. The van der Waals surface area contributed by atoms with Gasteiger partial charge in [0, 0.05) is 7.05 Å². The molecule has 0 aliphatic carbocycles. The standard InChI is InChI=1S/C9H11BrN2O4/c1-4(10)7(13)12-6-5(3-16-8(6)14)11(2)9(12)15/h4-6H,3H2,1-2H3/t4?,5-,6-/m0/s1. The molecule has 3 amide bonds. The first-order valence-corrected chi connectivity index (χ1v) is 5.77. The second-order valence-corrected chi connectivity index (χ2v) is 5.23. The Kier molecular flexibility index (Phi) is 2.65. The van der Waals surface area contributed by atoms with Crippen LogP contribution >= 0.6 is 15.9 Å². The van der Waals surface area contributed by atoms with Crippen LogP contribution in [0.3, 0.4) is 0 Å². The second-order valence-electron chi connectivity index (χ2n) is 3.86. The number of imide groups is 1. The van der Waals surface area contributed by atoms with E-state index >= 15 is 0 Å². The molecule has 0 aromatic rings. The Morgan fingerprint density at radius 1 is 1.56 bits per heavy atom. The van der Waals surface area contributed by atoms with E-state index in [2.05, 4.69) is 15.9 Å². The number of carbonyl (C=O) groups is 3. The number of urea groups is 1. The lowest BCUT2D eigenvalue weighted by molar-refractivity contribution is -0.145. The van der Waals surface area contributed by atoms with Gasteiger partial charge in [0.05, 0.1) is 10.9 Å². The van der Waals surface area contributed by atoms with Crippen molar-refractivity contribution in [1.29, 1.82) is 0 Å². The molecule has 2 rings (SSSR count). The molecular weight excluding hydrogens is 280 g/mol. The Hall–Kier alpha value is -1.11. The van der Waals surface area contributed by atoms with Gasteiger partial charge in [-0.1, -0.05) is 15.9 Å². The highest BCUT2D eigenvalue weighted by atomic mass is 79.9. The third-order valence-electron chi connectivity index (χ3n) is 2.86. The van der Waals surface area contributed by atoms with Gasteiger partial charge in [0.15, 0.2) is 6.04 Å². The van der Waals surface area contributed by atoms with E-state index in [1.54, 1.807) is 14.0 Å². The molecule has 2 aliphatic rings. The maximum Gasteiger partial charge on any atom is 0.331 e. The summed E-state index contributed by atoms with van der Waals surface area (Å²) in [5.41, 5.74) is 0. The molecule has 88 valence electrons. The van der Waals surface area contributed by atoms with Crippen LogP contribution in [-0.4, -0.2) is 58.3 Å². The number of ether oxygens (including phenoxy) is 1. The SMILES string of the molecule is CC(Br)C(=O)N1C(=O)N(C)[C@H]2COC(=O)[C@H]21. The fraction of sp³-hybridized carbons (Fsp3) is 0.667. The van der Waals surface area contributed by atoms with Crippen LogP contribution in [0.1, 0.15) is 6.92 Å². The summed E-state index contributed by atoms with van der Waals surface area (Å²) in [5, 5.41) is 0. The van der Waals surface area contributed by atoms with Crippen molar-refractivity contribution < 1.29 is 19.1 Å². The molecule has 7 heteroatoms. The van der Waals surface area contributed by atoms with Crippen LogP contribution in [0.2, 0.25) is 0 Å². The first kappa shape index (κ1) is 11.4. The Labute approximate surface area is 101 Å². The topological polar surface area (TPSA) is 66.9 Å². The number of rotatable bonds is 1. The third-order valence-corrected chi connectivity index (χ3v) is 3.26. The normalized spacial score (nSPS) is 30.4. The highest BCUT2D eigenvalue weighted by molar-refractivity contribution is 9.10. The molecule has 0 spiro atoms. The molecule has 2 fully saturated rings. The van der Waals surface area contributed by atoms with Gasteiger partial charge in [-0.25, -0.2) is 14.5 Å². The summed E-state index contributed by atoms with van der Waals surface area (Å²) in [7, 11) is 1.56. The fourth-order valence-electron chi connectivity index (χ4n) is 1.96. The molecule has 0 radical (unpaired) electrons. The number of halogens is 1. The van der Waals surface area contributed by atoms with Crippen molar-refractivity contribution in [1.82, 2.24) is 9.80 Å². The number of carbonyl (C=O) groups excluding carboxylic acids is 3. The molecule has 6 nitrogen and oxygen atoms in total. The van der Waals surface area contributed by atoms with Gasteiger partial charge in [-0.15, -0.1) is 0 Å². The summed E-state index contributed by atoms with van der Waals surface area (Å²) in [6.07, 6.45) is 0. The molecule has 2 aliphatic heterocycles. The molecule has 0 aromatic carbocycles. The van der Waals surface area contributed by atoms with Gasteiger partial charge in [-0.2, -0.15) is 0 Å². The minimum absolute atomic E-state index is 0.159. The summed E-state index contributed by atoms with van der Waals surface area (Å²) < 4.78 is 4.86. The van der Waals surface area contributed by atoms with E-state index < -0.39 is 28.8 Å². The van der Waals surface area contributed by atoms with Crippen molar-refractivity contribution in [3.05, 3.63) is 0 Å². The van der Waals surface area contributed by atoms with E-state index in [0.29, 0.717) is 0 Å². The van der Waals surface area contributed by atoms with Crippen LogP contribution in [0.5, 0.6) is 0 Å². The lowest BCUT2D eigenvalue weighted by atomic mass is 10.1. The molecular formula is C9H11BrN2O4. The minimum atomic E-state index is -0.787. The molecule has 0 bridgehead atoms. The maximum atomic E-state index is 11.8. The number of hydrogen-bond donors (Lipinski definition) is 0. The van der Waals surface area contributed by atoms with Gasteiger partial charge < -0.3 is 9.64 Å². The van der Waals surface area contributed by atoms with Gasteiger partial charge in [0.2, 0.25) is 5.91 Å². The van der Waals surface area contributed by atoms with E-state index in [-0.39, 0.29) is 12.6 Å². The van der Waals surface area contributed by atoms with Gasteiger partial charge >= 0.3 is 12.0 Å². The van der Waals surface area contributed by atoms with Gasteiger partial charge in [0.25, 0.3) is 0 Å². The minimum Gasteiger partial charge on any atom is -0.462 e. The Morgan fingerprint density at radius 2 is 2.19 bits per heavy atom. The van der Waals surface area contributed by atoms with Crippen LogP contribution in [0, 0.1) is 0 Å². The third kappa shape index (κ3) is 1.41. The van der Waals surface area contributed by atoms with Crippen molar-refractivity contribution in [3.63, 3.8) is 0 Å². The lowest BCUT2D eigenvalue weighted by Crippen LogP contribution is -2.46. The molecule has 1 unspecified atom stereocenters. The zero-order valence-electron chi connectivity index (χ0n) is 8.84. The average molecular weight is 291 g/mol. The second kappa shape index (κ2) is 3.73. The van der Waals surface area contributed by atoms with Gasteiger partial charge in [-0.3, -0.25) is 4.79 Å². The zero-order chi connectivity index (χ0) is 12.0. The van der Waals surface area contributed by atoms with Crippen molar-refractivity contribution in [2.45, 2.75) is 23.8 Å². The molecule has 16 heavy (non-hydrogen) atoms. The molecule has 0 saturated carbocycles.